The molecule has 9 heteroatoms. The Morgan fingerprint density at radius 3 is 1.84 bits per heavy atom. The van der Waals surface area contributed by atoms with E-state index in [1.165, 1.54) is 32.4 Å². The number of anilines is 1. The van der Waals surface area contributed by atoms with Crippen molar-refractivity contribution < 1.29 is 33.3 Å². The van der Waals surface area contributed by atoms with E-state index < -0.39 is 11.9 Å². The summed E-state index contributed by atoms with van der Waals surface area (Å²) in [7, 11) is 2.45. The Kier molecular flexibility index (Phi) is 8.87. The van der Waals surface area contributed by atoms with Gasteiger partial charge < -0.3 is 24.3 Å². The van der Waals surface area contributed by atoms with Crippen molar-refractivity contribution in [2.24, 2.45) is 0 Å². The summed E-state index contributed by atoms with van der Waals surface area (Å²) >= 11 is 3.46. The number of ether oxygens (including phenoxy) is 4. The van der Waals surface area contributed by atoms with Gasteiger partial charge in [0.2, 0.25) is 5.91 Å². The van der Waals surface area contributed by atoms with Crippen LogP contribution in [-0.4, -0.2) is 45.3 Å². The zero-order valence-corrected chi connectivity index (χ0v) is 19.3. The smallest absolute Gasteiger partial charge is 0.337 e. The lowest BCUT2D eigenvalue weighted by atomic mass is 10.1. The average molecular weight is 494 g/mol. The first-order chi connectivity index (χ1) is 14.8. The Hall–Kier alpha value is -3.07. The number of hydrogen-bond acceptors (Lipinski definition) is 7. The third-order valence-electron chi connectivity index (χ3n) is 4.12. The SMILES string of the molecule is CCOc1cc(Br)c(CC(=O)Nc2cc(C(=O)OC)cc(C(=O)OC)c2)cc1OCC. The summed E-state index contributed by atoms with van der Waals surface area (Å²) in [6.45, 7) is 4.66. The number of halogens is 1. The number of carbonyl (C=O) groups is 3. The molecular formula is C22H24BrNO7. The summed E-state index contributed by atoms with van der Waals surface area (Å²) in [6.07, 6.45) is 0.0169. The third-order valence-corrected chi connectivity index (χ3v) is 4.86. The van der Waals surface area contributed by atoms with Gasteiger partial charge >= 0.3 is 11.9 Å². The van der Waals surface area contributed by atoms with Crippen molar-refractivity contribution in [3.63, 3.8) is 0 Å². The number of methoxy groups -OCH3 is 2. The quantitative estimate of drug-likeness (QED) is 0.526. The van der Waals surface area contributed by atoms with Crippen LogP contribution in [0.1, 0.15) is 40.1 Å². The molecule has 0 radical (unpaired) electrons. The molecule has 0 fully saturated rings. The molecule has 0 bridgehead atoms. The minimum atomic E-state index is -0.642. The molecule has 31 heavy (non-hydrogen) atoms. The van der Waals surface area contributed by atoms with Crippen LogP contribution in [-0.2, 0) is 20.7 Å². The lowest BCUT2D eigenvalue weighted by Crippen LogP contribution is -2.16. The van der Waals surface area contributed by atoms with E-state index in [0.29, 0.717) is 34.7 Å². The molecule has 8 nitrogen and oxygen atoms in total. The van der Waals surface area contributed by atoms with E-state index in [1.54, 1.807) is 12.1 Å². The first-order valence-electron chi connectivity index (χ1n) is 9.52. The van der Waals surface area contributed by atoms with Gasteiger partial charge in [-0.25, -0.2) is 9.59 Å². The van der Waals surface area contributed by atoms with Crippen LogP contribution < -0.4 is 14.8 Å². The number of hydrogen-bond donors (Lipinski definition) is 1. The van der Waals surface area contributed by atoms with E-state index in [0.717, 1.165) is 0 Å². The maximum atomic E-state index is 12.7. The zero-order valence-electron chi connectivity index (χ0n) is 17.7. The molecule has 0 atom stereocenters. The van der Waals surface area contributed by atoms with Crippen LogP contribution in [0.3, 0.4) is 0 Å². The van der Waals surface area contributed by atoms with Gasteiger partial charge in [0.25, 0.3) is 0 Å². The topological polar surface area (TPSA) is 100 Å². The van der Waals surface area contributed by atoms with E-state index in [1.807, 2.05) is 13.8 Å². The Labute approximate surface area is 188 Å². The Morgan fingerprint density at radius 1 is 0.839 bits per heavy atom. The van der Waals surface area contributed by atoms with Crippen molar-refractivity contribution in [2.75, 3.05) is 32.8 Å². The lowest BCUT2D eigenvalue weighted by Gasteiger charge is -2.14. The van der Waals surface area contributed by atoms with Crippen molar-refractivity contribution >= 4 is 39.5 Å². The molecular weight excluding hydrogens is 470 g/mol. The van der Waals surface area contributed by atoms with Gasteiger partial charge in [-0.15, -0.1) is 0 Å². The number of nitrogens with one attached hydrogen (secondary N) is 1. The molecule has 0 aliphatic rings. The second-order valence-electron chi connectivity index (χ2n) is 6.26. The monoisotopic (exact) mass is 493 g/mol. The van der Waals surface area contributed by atoms with Gasteiger partial charge in [0.15, 0.2) is 11.5 Å². The van der Waals surface area contributed by atoms with Crippen molar-refractivity contribution in [2.45, 2.75) is 20.3 Å². The van der Waals surface area contributed by atoms with Gasteiger partial charge in [0.1, 0.15) is 0 Å². The third kappa shape index (κ3) is 6.45. The number of carbonyl (C=O) groups excluding carboxylic acids is 3. The standard InChI is InChI=1S/C22H24BrNO7/c1-5-30-18-10-13(17(23)12-19(18)31-6-2)11-20(25)24-16-8-14(21(26)28-3)7-15(9-16)22(27)29-4/h7-10,12H,5-6,11H2,1-4H3,(H,24,25). The molecule has 1 amide bonds. The predicted octanol–water partition coefficient (Wildman–Crippen LogP) is 4.00. The van der Waals surface area contributed by atoms with Crippen LogP contribution in [0.5, 0.6) is 11.5 Å². The van der Waals surface area contributed by atoms with Crippen LogP contribution in [0.15, 0.2) is 34.8 Å². The lowest BCUT2D eigenvalue weighted by molar-refractivity contribution is -0.115. The van der Waals surface area contributed by atoms with Gasteiger partial charge in [0, 0.05) is 10.2 Å². The zero-order chi connectivity index (χ0) is 23.0. The van der Waals surface area contributed by atoms with Crippen LogP contribution in [0.4, 0.5) is 5.69 Å². The molecule has 0 aliphatic heterocycles. The average Bonchev–Trinajstić information content (AvgIpc) is 2.75. The number of amides is 1. The predicted molar refractivity (Wildman–Crippen MR) is 118 cm³/mol. The highest BCUT2D eigenvalue weighted by molar-refractivity contribution is 9.10. The van der Waals surface area contributed by atoms with Crippen LogP contribution in [0, 0.1) is 0 Å². The van der Waals surface area contributed by atoms with Crippen molar-refractivity contribution in [3.8, 4) is 11.5 Å². The molecule has 0 heterocycles. The molecule has 0 aromatic heterocycles. The molecule has 0 saturated heterocycles. The van der Waals surface area contributed by atoms with Crippen LogP contribution in [0.2, 0.25) is 0 Å². The van der Waals surface area contributed by atoms with Gasteiger partial charge in [-0.1, -0.05) is 15.9 Å². The highest BCUT2D eigenvalue weighted by Crippen LogP contribution is 2.34. The van der Waals surface area contributed by atoms with E-state index in [2.05, 4.69) is 21.2 Å². The molecule has 2 aromatic carbocycles. The van der Waals surface area contributed by atoms with E-state index in [9.17, 15) is 14.4 Å². The molecule has 0 spiro atoms. The fraction of sp³-hybridized carbons (Fsp3) is 0.318. The minimum absolute atomic E-state index is 0.0169. The second-order valence-corrected chi connectivity index (χ2v) is 7.12. The molecule has 166 valence electrons. The van der Waals surface area contributed by atoms with Gasteiger partial charge in [0.05, 0.1) is 45.0 Å². The highest BCUT2D eigenvalue weighted by Gasteiger charge is 2.17. The molecule has 2 aromatic rings. The van der Waals surface area contributed by atoms with E-state index in [4.69, 9.17) is 18.9 Å². The van der Waals surface area contributed by atoms with Crippen molar-refractivity contribution in [1.82, 2.24) is 0 Å². The summed E-state index contributed by atoms with van der Waals surface area (Å²) < 4.78 is 21.3. The first-order valence-corrected chi connectivity index (χ1v) is 10.3. The van der Waals surface area contributed by atoms with E-state index >= 15 is 0 Å². The normalized spacial score (nSPS) is 10.2. The Morgan fingerprint density at radius 2 is 1.35 bits per heavy atom. The summed E-state index contributed by atoms with van der Waals surface area (Å²) in [5.41, 5.74) is 1.17. The van der Waals surface area contributed by atoms with Gasteiger partial charge in [-0.3, -0.25) is 4.79 Å². The summed E-state index contributed by atoms with van der Waals surface area (Å²) in [6, 6.07) is 7.68. The maximum Gasteiger partial charge on any atom is 0.337 e. The minimum Gasteiger partial charge on any atom is -0.490 e. The molecule has 0 unspecified atom stereocenters. The fourth-order valence-electron chi connectivity index (χ4n) is 2.80. The summed E-state index contributed by atoms with van der Waals surface area (Å²) in [5, 5.41) is 2.70. The molecule has 0 aliphatic carbocycles. The summed E-state index contributed by atoms with van der Waals surface area (Å²) in [5.74, 6) is -0.524. The Balaban J connectivity index is 2.28. The largest absolute Gasteiger partial charge is 0.490 e. The summed E-state index contributed by atoms with van der Waals surface area (Å²) in [4.78, 5) is 36.5. The van der Waals surface area contributed by atoms with Crippen molar-refractivity contribution in [1.29, 1.82) is 0 Å². The number of benzene rings is 2. The van der Waals surface area contributed by atoms with Crippen molar-refractivity contribution in [3.05, 3.63) is 51.5 Å². The number of rotatable bonds is 9. The maximum absolute atomic E-state index is 12.7. The molecule has 1 N–H and O–H groups in total. The fourth-order valence-corrected chi connectivity index (χ4v) is 3.26. The van der Waals surface area contributed by atoms with Gasteiger partial charge in [-0.05, 0) is 49.7 Å². The second kappa shape index (κ2) is 11.4. The Bertz CT molecular complexity index is 940. The van der Waals surface area contributed by atoms with Crippen LogP contribution in [0.25, 0.3) is 0 Å². The molecule has 0 saturated carbocycles. The first kappa shape index (κ1) is 24.2. The van der Waals surface area contributed by atoms with E-state index in [-0.39, 0.29) is 29.1 Å². The number of esters is 2. The van der Waals surface area contributed by atoms with Gasteiger partial charge in [-0.2, -0.15) is 0 Å². The highest BCUT2D eigenvalue weighted by atomic mass is 79.9. The van der Waals surface area contributed by atoms with Crippen LogP contribution >= 0.6 is 15.9 Å². The molecule has 2 rings (SSSR count).